The van der Waals surface area contributed by atoms with Crippen LogP contribution in [0.15, 0.2) is 47.4 Å². The Kier molecular flexibility index (Phi) is 5.11. The molecule has 4 nitrogen and oxygen atoms in total. The molecule has 0 aliphatic heterocycles. The molecule has 7 heteroatoms. The number of methoxy groups -OCH3 is 1. The smallest absolute Gasteiger partial charge is 0.243 e. The van der Waals surface area contributed by atoms with Crippen molar-refractivity contribution in [1.82, 2.24) is 4.72 Å². The molecule has 0 atom stereocenters. The quantitative estimate of drug-likeness (QED) is 0.902. The molecule has 0 heterocycles. The first-order valence-electron chi connectivity index (χ1n) is 6.00. The molecule has 2 aromatic carbocycles. The van der Waals surface area contributed by atoms with E-state index in [1.807, 2.05) is 0 Å². The Morgan fingerprint density at radius 3 is 2.14 bits per heavy atom. The van der Waals surface area contributed by atoms with Gasteiger partial charge >= 0.3 is 0 Å². The first-order valence-corrected chi connectivity index (χ1v) is 8.24. The summed E-state index contributed by atoms with van der Waals surface area (Å²) in [6.45, 7) is 0.133. The van der Waals surface area contributed by atoms with Crippen LogP contribution in [0.5, 0.6) is 5.75 Å². The van der Waals surface area contributed by atoms with E-state index in [4.69, 9.17) is 27.9 Å². The average molecular weight is 346 g/mol. The van der Waals surface area contributed by atoms with Crippen molar-refractivity contribution in [2.24, 2.45) is 0 Å². The van der Waals surface area contributed by atoms with Gasteiger partial charge in [0.05, 0.1) is 17.2 Å². The molecule has 0 aliphatic rings. The van der Waals surface area contributed by atoms with Gasteiger partial charge < -0.3 is 4.74 Å². The number of ether oxygens (including phenoxy) is 1. The van der Waals surface area contributed by atoms with Crippen LogP contribution in [0.3, 0.4) is 0 Å². The molecule has 0 aromatic heterocycles. The van der Waals surface area contributed by atoms with Crippen LogP contribution in [0, 0.1) is 0 Å². The first-order chi connectivity index (χ1) is 9.94. The molecular formula is C14H13Cl2NO3S. The highest BCUT2D eigenvalue weighted by molar-refractivity contribution is 7.89. The fourth-order valence-electron chi connectivity index (χ4n) is 1.73. The van der Waals surface area contributed by atoms with Crippen molar-refractivity contribution >= 4 is 33.2 Å². The topological polar surface area (TPSA) is 55.4 Å². The van der Waals surface area contributed by atoms with Gasteiger partial charge in [0.1, 0.15) is 10.6 Å². The lowest BCUT2D eigenvalue weighted by Gasteiger charge is -2.10. The predicted octanol–water partition coefficient (Wildman–Crippen LogP) is 3.48. The van der Waals surface area contributed by atoms with Crippen LogP contribution >= 0.6 is 23.2 Å². The summed E-state index contributed by atoms with van der Waals surface area (Å²) < 4.78 is 32.0. The third kappa shape index (κ3) is 3.89. The minimum absolute atomic E-state index is 0.0877. The van der Waals surface area contributed by atoms with Crippen molar-refractivity contribution in [3.63, 3.8) is 0 Å². The minimum Gasteiger partial charge on any atom is -0.497 e. The van der Waals surface area contributed by atoms with Gasteiger partial charge in [0.2, 0.25) is 10.0 Å². The Labute approximate surface area is 133 Å². The lowest BCUT2D eigenvalue weighted by Crippen LogP contribution is -2.23. The maximum atomic E-state index is 12.3. The van der Waals surface area contributed by atoms with Gasteiger partial charge in [-0.15, -0.1) is 0 Å². The molecule has 2 aromatic rings. The molecular weight excluding hydrogens is 333 g/mol. The molecule has 0 saturated carbocycles. The lowest BCUT2D eigenvalue weighted by molar-refractivity contribution is 0.414. The summed E-state index contributed by atoms with van der Waals surface area (Å²) in [5, 5.41) is 0.175. The van der Waals surface area contributed by atoms with Gasteiger partial charge in [0.25, 0.3) is 0 Å². The number of hydrogen-bond donors (Lipinski definition) is 1. The fraction of sp³-hybridized carbons (Fsp3) is 0.143. The summed E-state index contributed by atoms with van der Waals surface area (Å²) in [6.07, 6.45) is 0. The van der Waals surface area contributed by atoms with E-state index >= 15 is 0 Å². The molecule has 112 valence electrons. The molecule has 2 rings (SSSR count). The number of hydrogen-bond acceptors (Lipinski definition) is 3. The highest BCUT2D eigenvalue weighted by Gasteiger charge is 2.21. The molecule has 0 amide bonds. The highest BCUT2D eigenvalue weighted by atomic mass is 35.5. The van der Waals surface area contributed by atoms with E-state index in [-0.39, 0.29) is 21.5 Å². The normalized spacial score (nSPS) is 11.4. The highest BCUT2D eigenvalue weighted by Crippen LogP contribution is 2.28. The lowest BCUT2D eigenvalue weighted by atomic mass is 10.2. The Balaban J connectivity index is 2.18. The SMILES string of the molecule is COc1ccc(CNS(=O)(=O)c2c(Cl)cccc2Cl)cc1. The second kappa shape index (κ2) is 6.66. The summed E-state index contributed by atoms with van der Waals surface area (Å²) in [7, 11) is -2.21. The second-order valence-electron chi connectivity index (χ2n) is 4.22. The van der Waals surface area contributed by atoms with Crippen LogP contribution in [-0.2, 0) is 16.6 Å². The van der Waals surface area contributed by atoms with Crippen molar-refractivity contribution in [3.8, 4) is 5.75 Å². The Morgan fingerprint density at radius 1 is 1.05 bits per heavy atom. The van der Waals surface area contributed by atoms with Gasteiger partial charge in [-0.1, -0.05) is 41.4 Å². The molecule has 0 fully saturated rings. The number of sulfonamides is 1. The summed E-state index contributed by atoms with van der Waals surface area (Å²) in [5.41, 5.74) is 0.794. The van der Waals surface area contributed by atoms with E-state index in [9.17, 15) is 8.42 Å². The van der Waals surface area contributed by atoms with Crippen molar-refractivity contribution in [1.29, 1.82) is 0 Å². The molecule has 0 unspecified atom stereocenters. The minimum atomic E-state index is -3.78. The maximum absolute atomic E-state index is 12.3. The number of rotatable bonds is 5. The molecule has 0 saturated heterocycles. The largest absolute Gasteiger partial charge is 0.497 e. The Morgan fingerprint density at radius 2 is 1.62 bits per heavy atom. The number of nitrogens with one attached hydrogen (secondary N) is 1. The zero-order valence-corrected chi connectivity index (χ0v) is 13.5. The molecule has 0 aliphatic carbocycles. The number of halogens is 2. The van der Waals surface area contributed by atoms with E-state index in [1.165, 1.54) is 12.1 Å². The molecule has 21 heavy (non-hydrogen) atoms. The zero-order valence-electron chi connectivity index (χ0n) is 11.1. The van der Waals surface area contributed by atoms with Crippen LogP contribution in [-0.4, -0.2) is 15.5 Å². The standard InChI is InChI=1S/C14H13Cl2NO3S/c1-20-11-7-5-10(6-8-11)9-17-21(18,19)14-12(15)3-2-4-13(14)16/h2-8,17H,9H2,1H3. The third-order valence-corrected chi connectivity index (χ3v) is 5.17. The summed E-state index contributed by atoms with van der Waals surface area (Å²) in [6, 6.07) is 11.6. The fourth-order valence-corrected chi connectivity index (χ4v) is 3.89. The Bertz CT molecular complexity index is 710. The third-order valence-electron chi connectivity index (χ3n) is 2.81. The zero-order chi connectivity index (χ0) is 15.5. The van der Waals surface area contributed by atoms with Gasteiger partial charge in [-0.3, -0.25) is 0 Å². The second-order valence-corrected chi connectivity index (χ2v) is 6.74. The van der Waals surface area contributed by atoms with Gasteiger partial charge in [0.15, 0.2) is 0 Å². The monoisotopic (exact) mass is 345 g/mol. The molecule has 0 bridgehead atoms. The summed E-state index contributed by atoms with van der Waals surface area (Å²) >= 11 is 11.8. The molecule has 1 N–H and O–H groups in total. The molecule has 0 spiro atoms. The van der Waals surface area contributed by atoms with Crippen molar-refractivity contribution in [3.05, 3.63) is 58.1 Å². The van der Waals surface area contributed by atoms with E-state index in [0.29, 0.717) is 5.75 Å². The van der Waals surface area contributed by atoms with Gasteiger partial charge in [-0.05, 0) is 29.8 Å². The van der Waals surface area contributed by atoms with E-state index in [1.54, 1.807) is 37.4 Å². The maximum Gasteiger partial charge on any atom is 0.243 e. The molecule has 0 radical (unpaired) electrons. The van der Waals surface area contributed by atoms with Crippen molar-refractivity contribution < 1.29 is 13.2 Å². The van der Waals surface area contributed by atoms with Crippen LogP contribution in [0.1, 0.15) is 5.56 Å². The van der Waals surface area contributed by atoms with Crippen molar-refractivity contribution in [2.45, 2.75) is 11.4 Å². The Hall–Kier alpha value is -1.27. The van der Waals surface area contributed by atoms with Gasteiger partial charge in [-0.2, -0.15) is 0 Å². The van der Waals surface area contributed by atoms with Gasteiger partial charge in [0, 0.05) is 6.54 Å². The van der Waals surface area contributed by atoms with Crippen LogP contribution in [0.2, 0.25) is 10.0 Å². The van der Waals surface area contributed by atoms with Crippen LogP contribution in [0.25, 0.3) is 0 Å². The van der Waals surface area contributed by atoms with Crippen LogP contribution < -0.4 is 9.46 Å². The first kappa shape index (κ1) is 16.1. The van der Waals surface area contributed by atoms with Gasteiger partial charge in [-0.25, -0.2) is 13.1 Å². The van der Waals surface area contributed by atoms with Crippen LogP contribution in [0.4, 0.5) is 0 Å². The average Bonchev–Trinajstić information content (AvgIpc) is 2.45. The van der Waals surface area contributed by atoms with Crippen molar-refractivity contribution in [2.75, 3.05) is 7.11 Å². The number of benzene rings is 2. The van der Waals surface area contributed by atoms with E-state index < -0.39 is 10.0 Å². The van der Waals surface area contributed by atoms with E-state index in [2.05, 4.69) is 4.72 Å². The summed E-state index contributed by atoms with van der Waals surface area (Å²) in [4.78, 5) is -0.109. The summed E-state index contributed by atoms with van der Waals surface area (Å²) in [5.74, 6) is 0.704. The predicted molar refractivity (Wildman–Crippen MR) is 83.5 cm³/mol. The van der Waals surface area contributed by atoms with E-state index in [0.717, 1.165) is 5.56 Å².